The number of rotatable bonds is 9. The van der Waals surface area contributed by atoms with Gasteiger partial charge in [0.25, 0.3) is 0 Å². The van der Waals surface area contributed by atoms with E-state index in [-0.39, 0.29) is 0 Å². The Kier molecular flexibility index (Phi) is 9.16. The number of piperazine rings is 1. The highest BCUT2D eigenvalue weighted by Gasteiger charge is 2.16. The van der Waals surface area contributed by atoms with Gasteiger partial charge in [-0.15, -0.1) is 0 Å². The van der Waals surface area contributed by atoms with Gasteiger partial charge in [-0.25, -0.2) is 9.98 Å². The van der Waals surface area contributed by atoms with Gasteiger partial charge in [0.15, 0.2) is 5.96 Å². The minimum Gasteiger partial charge on any atom is -0.494 e. The summed E-state index contributed by atoms with van der Waals surface area (Å²) in [5, 5.41) is 6.78. The molecule has 174 valence electrons. The van der Waals surface area contributed by atoms with Crippen LogP contribution in [0, 0.1) is 6.92 Å². The molecule has 1 aromatic heterocycles. The van der Waals surface area contributed by atoms with Crippen LogP contribution in [0.5, 0.6) is 5.75 Å². The second-order valence-corrected chi connectivity index (χ2v) is 8.04. The first-order valence-electron chi connectivity index (χ1n) is 11.8. The normalized spacial score (nSPS) is 15.0. The predicted molar refractivity (Wildman–Crippen MR) is 133 cm³/mol. The number of hydrogen-bond acceptors (Lipinski definition) is 5. The van der Waals surface area contributed by atoms with Crippen molar-refractivity contribution in [2.45, 2.75) is 40.8 Å². The first-order chi connectivity index (χ1) is 15.6. The van der Waals surface area contributed by atoms with Crippen molar-refractivity contribution in [3.63, 3.8) is 0 Å². The third-order valence-corrected chi connectivity index (χ3v) is 5.69. The van der Waals surface area contributed by atoms with Crippen LogP contribution in [0.4, 0.5) is 5.82 Å². The molecule has 0 atom stereocenters. The largest absolute Gasteiger partial charge is 0.494 e. The molecule has 1 saturated heterocycles. The zero-order valence-electron chi connectivity index (χ0n) is 20.0. The number of nitrogens with zero attached hydrogens (tertiary/aromatic N) is 4. The molecule has 3 rings (SSSR count). The molecule has 7 heteroatoms. The van der Waals surface area contributed by atoms with Gasteiger partial charge in [-0.1, -0.05) is 19.1 Å². The first-order valence-corrected chi connectivity index (χ1v) is 11.8. The molecule has 0 spiro atoms. The maximum atomic E-state index is 5.81. The summed E-state index contributed by atoms with van der Waals surface area (Å²) in [6.07, 6.45) is 1.90. The molecule has 1 fully saturated rings. The average molecular weight is 439 g/mol. The van der Waals surface area contributed by atoms with Gasteiger partial charge < -0.3 is 25.2 Å². The quantitative estimate of drug-likeness (QED) is 0.463. The van der Waals surface area contributed by atoms with Gasteiger partial charge in [0.05, 0.1) is 13.2 Å². The molecule has 2 aromatic rings. The van der Waals surface area contributed by atoms with Gasteiger partial charge >= 0.3 is 0 Å². The van der Waals surface area contributed by atoms with E-state index in [1.807, 2.05) is 19.2 Å². The lowest BCUT2D eigenvalue weighted by Gasteiger charge is -2.34. The molecule has 0 aliphatic carbocycles. The maximum Gasteiger partial charge on any atom is 0.191 e. The van der Waals surface area contributed by atoms with Crippen molar-refractivity contribution >= 4 is 11.8 Å². The molecule has 0 amide bonds. The summed E-state index contributed by atoms with van der Waals surface area (Å²) in [6.45, 7) is 16.5. The summed E-state index contributed by atoms with van der Waals surface area (Å²) < 4.78 is 5.81. The van der Waals surface area contributed by atoms with E-state index in [1.165, 1.54) is 5.56 Å². The molecule has 7 nitrogen and oxygen atoms in total. The highest BCUT2D eigenvalue weighted by molar-refractivity contribution is 5.79. The van der Waals surface area contributed by atoms with Crippen molar-refractivity contribution in [1.82, 2.24) is 20.5 Å². The molecule has 0 unspecified atom stereocenters. The molecule has 0 radical (unpaired) electrons. The lowest BCUT2D eigenvalue weighted by atomic mass is 10.1. The number of aliphatic imine (C=N–C) groups is 1. The molecular weight excluding hydrogens is 400 g/mol. The smallest absolute Gasteiger partial charge is 0.191 e. The van der Waals surface area contributed by atoms with Crippen LogP contribution in [0.3, 0.4) is 0 Å². The van der Waals surface area contributed by atoms with Crippen molar-refractivity contribution in [1.29, 1.82) is 0 Å². The Labute approximate surface area is 192 Å². The lowest BCUT2D eigenvalue weighted by molar-refractivity contribution is 0.270. The summed E-state index contributed by atoms with van der Waals surface area (Å²) in [6, 6.07) is 10.5. The Morgan fingerprint density at radius 1 is 1.06 bits per heavy atom. The molecule has 1 aliphatic heterocycles. The van der Waals surface area contributed by atoms with E-state index in [0.717, 1.165) is 67.9 Å². The lowest BCUT2D eigenvalue weighted by Crippen LogP contribution is -2.46. The van der Waals surface area contributed by atoms with Crippen LogP contribution < -0.4 is 20.3 Å². The van der Waals surface area contributed by atoms with Crippen LogP contribution in [0.1, 0.15) is 37.5 Å². The number of anilines is 1. The number of hydrogen-bond donors (Lipinski definition) is 2. The third kappa shape index (κ3) is 6.85. The Bertz CT molecular complexity index is 876. The molecule has 1 aromatic carbocycles. The van der Waals surface area contributed by atoms with Gasteiger partial charge in [0.2, 0.25) is 0 Å². The third-order valence-electron chi connectivity index (χ3n) is 5.69. The number of nitrogens with one attached hydrogen (secondary N) is 2. The van der Waals surface area contributed by atoms with Gasteiger partial charge in [0.1, 0.15) is 11.6 Å². The fourth-order valence-corrected chi connectivity index (χ4v) is 3.81. The Hall–Kier alpha value is -2.80. The van der Waals surface area contributed by atoms with E-state index in [1.54, 1.807) is 0 Å². The number of aryl methyl sites for hydroxylation is 1. The highest BCUT2D eigenvalue weighted by Crippen LogP contribution is 2.20. The summed E-state index contributed by atoms with van der Waals surface area (Å²) >= 11 is 0. The molecule has 32 heavy (non-hydrogen) atoms. The SMILES string of the molecule is CCNC(=NCc1ccnc(N2CCN(CC)CC2)c1)NCc1ccc(C)cc1OCC. The maximum absolute atomic E-state index is 5.81. The number of guanidine groups is 1. The number of aromatic nitrogens is 1. The van der Waals surface area contributed by atoms with Crippen LogP contribution in [-0.2, 0) is 13.1 Å². The Morgan fingerprint density at radius 2 is 1.88 bits per heavy atom. The molecular formula is C25H38N6O. The van der Waals surface area contributed by atoms with E-state index < -0.39 is 0 Å². The molecule has 1 aliphatic rings. The van der Waals surface area contributed by atoms with Crippen LogP contribution in [0.15, 0.2) is 41.5 Å². The standard InChI is InChI=1S/C25H38N6O/c1-5-26-25(29-19-22-9-8-20(4)16-23(22)32-7-3)28-18-21-10-11-27-24(17-21)31-14-12-30(6-2)13-15-31/h8-11,16-17H,5-7,12-15,18-19H2,1-4H3,(H2,26,28,29). The summed E-state index contributed by atoms with van der Waals surface area (Å²) in [5.41, 5.74) is 3.48. The van der Waals surface area contributed by atoms with Crippen molar-refractivity contribution in [2.75, 3.05) is 50.8 Å². The number of ether oxygens (including phenoxy) is 1. The fraction of sp³-hybridized carbons (Fsp3) is 0.520. The Balaban J connectivity index is 1.63. The molecule has 2 N–H and O–H groups in total. The first kappa shape index (κ1) is 23.9. The minimum atomic E-state index is 0.603. The zero-order chi connectivity index (χ0) is 22.8. The number of pyridine rings is 1. The molecule has 2 heterocycles. The second kappa shape index (κ2) is 12.3. The summed E-state index contributed by atoms with van der Waals surface area (Å²) in [7, 11) is 0. The monoisotopic (exact) mass is 438 g/mol. The molecule has 0 saturated carbocycles. The van der Waals surface area contributed by atoms with Crippen LogP contribution in [0.25, 0.3) is 0 Å². The van der Waals surface area contributed by atoms with Crippen molar-refractivity contribution in [3.8, 4) is 5.75 Å². The van der Waals surface area contributed by atoms with E-state index in [9.17, 15) is 0 Å². The number of likely N-dealkylation sites (N-methyl/N-ethyl adjacent to an activating group) is 1. The zero-order valence-corrected chi connectivity index (χ0v) is 20.0. The van der Waals surface area contributed by atoms with Crippen molar-refractivity contribution in [2.24, 2.45) is 4.99 Å². The van der Waals surface area contributed by atoms with Crippen LogP contribution in [0.2, 0.25) is 0 Å². The van der Waals surface area contributed by atoms with Crippen molar-refractivity contribution in [3.05, 3.63) is 53.2 Å². The van der Waals surface area contributed by atoms with Gasteiger partial charge in [-0.05, 0) is 56.6 Å². The van der Waals surface area contributed by atoms with Crippen molar-refractivity contribution < 1.29 is 4.74 Å². The average Bonchev–Trinajstić information content (AvgIpc) is 2.82. The van der Waals surface area contributed by atoms with Gasteiger partial charge in [-0.2, -0.15) is 0 Å². The fourth-order valence-electron chi connectivity index (χ4n) is 3.81. The minimum absolute atomic E-state index is 0.603. The molecule has 0 bridgehead atoms. The van der Waals surface area contributed by atoms with E-state index in [0.29, 0.717) is 19.7 Å². The second-order valence-electron chi connectivity index (χ2n) is 8.04. The van der Waals surface area contributed by atoms with E-state index in [2.05, 4.69) is 70.5 Å². The summed E-state index contributed by atoms with van der Waals surface area (Å²) in [5.74, 6) is 2.77. The summed E-state index contributed by atoms with van der Waals surface area (Å²) in [4.78, 5) is 14.3. The topological polar surface area (TPSA) is 65.0 Å². The van der Waals surface area contributed by atoms with Crippen LogP contribution in [-0.4, -0.2) is 61.7 Å². The van der Waals surface area contributed by atoms with Gasteiger partial charge in [-0.3, -0.25) is 0 Å². The predicted octanol–water partition coefficient (Wildman–Crippen LogP) is 3.19. The number of benzene rings is 1. The van der Waals surface area contributed by atoms with Crippen LogP contribution >= 0.6 is 0 Å². The Morgan fingerprint density at radius 3 is 2.59 bits per heavy atom. The van der Waals surface area contributed by atoms with E-state index >= 15 is 0 Å². The van der Waals surface area contributed by atoms with E-state index in [4.69, 9.17) is 9.73 Å². The van der Waals surface area contributed by atoms with Gasteiger partial charge in [0, 0.05) is 51.0 Å². The highest BCUT2D eigenvalue weighted by atomic mass is 16.5.